The van der Waals surface area contributed by atoms with Crippen LogP contribution >= 0.6 is 11.8 Å². The Balaban J connectivity index is 2.00. The SMILES string of the molecule is COc1ccc(-c2ccnc(C)c2Sc2ccc(C)cc2)cc1. The van der Waals surface area contributed by atoms with E-state index in [1.807, 2.05) is 18.3 Å². The molecular formula is C20H19NOS. The third-order valence-electron chi connectivity index (χ3n) is 3.72. The van der Waals surface area contributed by atoms with Crippen LogP contribution in [0.25, 0.3) is 11.1 Å². The Labute approximate surface area is 141 Å². The Morgan fingerprint density at radius 1 is 0.870 bits per heavy atom. The first kappa shape index (κ1) is 15.6. The van der Waals surface area contributed by atoms with E-state index in [-0.39, 0.29) is 0 Å². The molecule has 3 aromatic rings. The number of nitrogens with zero attached hydrogens (tertiary/aromatic N) is 1. The molecule has 0 amide bonds. The van der Waals surface area contributed by atoms with Gasteiger partial charge in [0.15, 0.2) is 0 Å². The molecule has 23 heavy (non-hydrogen) atoms. The summed E-state index contributed by atoms with van der Waals surface area (Å²) in [7, 11) is 1.68. The quantitative estimate of drug-likeness (QED) is 0.631. The van der Waals surface area contributed by atoms with Crippen molar-refractivity contribution in [2.24, 2.45) is 0 Å². The second-order valence-corrected chi connectivity index (χ2v) is 6.50. The van der Waals surface area contributed by atoms with Crippen LogP contribution in [0.1, 0.15) is 11.3 Å². The molecule has 0 atom stereocenters. The van der Waals surface area contributed by atoms with E-state index in [1.54, 1.807) is 18.9 Å². The van der Waals surface area contributed by atoms with Crippen LogP contribution in [-0.4, -0.2) is 12.1 Å². The number of hydrogen-bond acceptors (Lipinski definition) is 3. The van der Waals surface area contributed by atoms with Crippen LogP contribution in [-0.2, 0) is 0 Å². The van der Waals surface area contributed by atoms with Crippen molar-refractivity contribution in [2.45, 2.75) is 23.6 Å². The minimum Gasteiger partial charge on any atom is -0.497 e. The Hall–Kier alpha value is -2.26. The third kappa shape index (κ3) is 3.57. The zero-order valence-corrected chi connectivity index (χ0v) is 14.4. The van der Waals surface area contributed by atoms with E-state index in [0.29, 0.717) is 0 Å². The fraction of sp³-hybridized carbons (Fsp3) is 0.150. The van der Waals surface area contributed by atoms with Gasteiger partial charge in [-0.25, -0.2) is 0 Å². The number of aryl methyl sites for hydroxylation is 2. The number of ether oxygens (including phenoxy) is 1. The van der Waals surface area contributed by atoms with E-state index in [2.05, 4.69) is 61.3 Å². The van der Waals surface area contributed by atoms with Crippen molar-refractivity contribution in [1.82, 2.24) is 4.98 Å². The summed E-state index contributed by atoms with van der Waals surface area (Å²) in [6.45, 7) is 4.16. The van der Waals surface area contributed by atoms with Crippen molar-refractivity contribution in [3.8, 4) is 16.9 Å². The van der Waals surface area contributed by atoms with Crippen LogP contribution in [0, 0.1) is 13.8 Å². The smallest absolute Gasteiger partial charge is 0.118 e. The van der Waals surface area contributed by atoms with Gasteiger partial charge in [0.05, 0.1) is 12.8 Å². The monoisotopic (exact) mass is 321 g/mol. The first-order valence-corrected chi connectivity index (χ1v) is 8.33. The second kappa shape index (κ2) is 6.88. The van der Waals surface area contributed by atoms with E-state index in [1.165, 1.54) is 26.5 Å². The molecule has 0 fully saturated rings. The molecular weight excluding hydrogens is 302 g/mol. The van der Waals surface area contributed by atoms with Crippen molar-refractivity contribution in [2.75, 3.05) is 7.11 Å². The lowest BCUT2D eigenvalue weighted by Crippen LogP contribution is -1.91. The Morgan fingerprint density at radius 3 is 2.22 bits per heavy atom. The summed E-state index contributed by atoms with van der Waals surface area (Å²) in [5, 5.41) is 0. The normalized spacial score (nSPS) is 10.6. The lowest BCUT2D eigenvalue weighted by atomic mass is 10.1. The summed E-state index contributed by atoms with van der Waals surface area (Å²) in [4.78, 5) is 6.89. The van der Waals surface area contributed by atoms with Crippen molar-refractivity contribution in [3.05, 3.63) is 72.1 Å². The minimum atomic E-state index is 0.868. The molecule has 3 rings (SSSR count). The lowest BCUT2D eigenvalue weighted by Gasteiger charge is -2.12. The average Bonchev–Trinajstić information content (AvgIpc) is 2.59. The van der Waals surface area contributed by atoms with E-state index in [9.17, 15) is 0 Å². The number of methoxy groups -OCH3 is 1. The average molecular weight is 321 g/mol. The Morgan fingerprint density at radius 2 is 1.57 bits per heavy atom. The van der Waals surface area contributed by atoms with E-state index in [4.69, 9.17) is 4.74 Å². The molecule has 116 valence electrons. The molecule has 2 nitrogen and oxygen atoms in total. The maximum atomic E-state index is 5.25. The zero-order valence-electron chi connectivity index (χ0n) is 13.5. The molecule has 0 radical (unpaired) electrons. The number of aromatic nitrogens is 1. The summed E-state index contributed by atoms with van der Waals surface area (Å²) >= 11 is 1.76. The first-order valence-electron chi connectivity index (χ1n) is 7.52. The van der Waals surface area contributed by atoms with E-state index >= 15 is 0 Å². The highest BCUT2D eigenvalue weighted by Crippen LogP contribution is 2.37. The molecule has 1 heterocycles. The van der Waals surface area contributed by atoms with Gasteiger partial charge in [-0.3, -0.25) is 4.98 Å². The second-order valence-electron chi connectivity index (χ2n) is 5.42. The van der Waals surface area contributed by atoms with Gasteiger partial charge in [0.25, 0.3) is 0 Å². The summed E-state index contributed by atoms with van der Waals surface area (Å²) in [6.07, 6.45) is 1.87. The number of benzene rings is 2. The van der Waals surface area contributed by atoms with Crippen LogP contribution < -0.4 is 4.74 Å². The van der Waals surface area contributed by atoms with Crippen LogP contribution in [0.5, 0.6) is 5.75 Å². The molecule has 3 heteroatoms. The highest BCUT2D eigenvalue weighted by molar-refractivity contribution is 7.99. The fourth-order valence-corrected chi connectivity index (χ4v) is 3.41. The van der Waals surface area contributed by atoms with Crippen molar-refractivity contribution >= 4 is 11.8 Å². The molecule has 0 aliphatic rings. The van der Waals surface area contributed by atoms with Crippen molar-refractivity contribution in [3.63, 3.8) is 0 Å². The lowest BCUT2D eigenvalue weighted by molar-refractivity contribution is 0.415. The summed E-state index contributed by atoms with van der Waals surface area (Å²) in [5.41, 5.74) is 4.69. The van der Waals surface area contributed by atoms with Gasteiger partial charge in [0.2, 0.25) is 0 Å². The topological polar surface area (TPSA) is 22.1 Å². The summed E-state index contributed by atoms with van der Waals surface area (Å²) in [5.74, 6) is 0.868. The van der Waals surface area contributed by atoms with Crippen LogP contribution in [0.2, 0.25) is 0 Å². The molecule has 0 unspecified atom stereocenters. The minimum absolute atomic E-state index is 0.868. The molecule has 0 N–H and O–H groups in total. The highest BCUT2D eigenvalue weighted by atomic mass is 32.2. The largest absolute Gasteiger partial charge is 0.497 e. The molecule has 0 spiro atoms. The predicted octanol–water partition coefficient (Wildman–Crippen LogP) is 5.53. The molecule has 0 saturated heterocycles. The summed E-state index contributed by atoms with van der Waals surface area (Å²) < 4.78 is 5.25. The molecule has 1 aromatic heterocycles. The molecule has 0 saturated carbocycles. The Kier molecular flexibility index (Phi) is 4.68. The van der Waals surface area contributed by atoms with Gasteiger partial charge in [-0.05, 0) is 55.3 Å². The van der Waals surface area contributed by atoms with Gasteiger partial charge in [-0.1, -0.05) is 41.6 Å². The van der Waals surface area contributed by atoms with Gasteiger partial charge in [-0.15, -0.1) is 0 Å². The van der Waals surface area contributed by atoms with Crippen LogP contribution in [0.3, 0.4) is 0 Å². The van der Waals surface area contributed by atoms with Gasteiger partial charge in [0.1, 0.15) is 5.75 Å². The van der Waals surface area contributed by atoms with Gasteiger partial charge < -0.3 is 4.74 Å². The molecule has 0 bridgehead atoms. The number of pyridine rings is 1. The molecule has 0 aliphatic heterocycles. The van der Waals surface area contributed by atoms with Crippen molar-refractivity contribution in [1.29, 1.82) is 0 Å². The maximum Gasteiger partial charge on any atom is 0.118 e. The zero-order chi connectivity index (χ0) is 16.2. The van der Waals surface area contributed by atoms with Gasteiger partial charge >= 0.3 is 0 Å². The number of hydrogen-bond donors (Lipinski definition) is 0. The molecule has 2 aromatic carbocycles. The van der Waals surface area contributed by atoms with Gasteiger partial charge in [-0.2, -0.15) is 0 Å². The predicted molar refractivity (Wildman–Crippen MR) is 96.3 cm³/mol. The molecule has 0 aliphatic carbocycles. The van der Waals surface area contributed by atoms with E-state index < -0.39 is 0 Å². The van der Waals surface area contributed by atoms with Gasteiger partial charge in [0, 0.05) is 16.0 Å². The standard InChI is InChI=1S/C20H19NOS/c1-14-4-10-18(11-5-14)23-20-15(2)21-13-12-19(20)16-6-8-17(22-3)9-7-16/h4-13H,1-3H3. The third-order valence-corrected chi connectivity index (χ3v) is 4.95. The van der Waals surface area contributed by atoms with Crippen LogP contribution in [0.4, 0.5) is 0 Å². The Bertz CT molecular complexity index is 795. The summed E-state index contributed by atoms with van der Waals surface area (Å²) in [6, 6.07) is 18.8. The fourth-order valence-electron chi connectivity index (χ4n) is 2.40. The van der Waals surface area contributed by atoms with Crippen LogP contribution in [0.15, 0.2) is 70.6 Å². The van der Waals surface area contributed by atoms with E-state index in [0.717, 1.165) is 11.4 Å². The highest BCUT2D eigenvalue weighted by Gasteiger charge is 2.11. The maximum absolute atomic E-state index is 5.25. The first-order chi connectivity index (χ1) is 11.2. The van der Waals surface area contributed by atoms with Crippen molar-refractivity contribution < 1.29 is 4.74 Å². The number of rotatable bonds is 4.